The first-order chi connectivity index (χ1) is 12.9. The molecule has 0 unspecified atom stereocenters. The van der Waals surface area contributed by atoms with Gasteiger partial charge in [0.15, 0.2) is 0 Å². The number of hydrogen-bond donors (Lipinski definition) is 2. The van der Waals surface area contributed by atoms with Crippen LogP contribution in [0.3, 0.4) is 0 Å². The van der Waals surface area contributed by atoms with Gasteiger partial charge in [-0.3, -0.25) is 9.59 Å². The SMILES string of the molecule is Cc1cc(CCCCCC(C)(C)C(=O)O)cc(CCCCC(C)(C)C(=O)O)c1. The molecule has 0 radical (unpaired) electrons. The first-order valence-electron chi connectivity index (χ1n) is 10.5. The van der Waals surface area contributed by atoms with Gasteiger partial charge in [-0.05, 0) is 84.3 Å². The Morgan fingerprint density at radius 1 is 0.714 bits per heavy atom. The Bertz CT molecular complexity index is 659. The van der Waals surface area contributed by atoms with Gasteiger partial charge in [0, 0.05) is 0 Å². The van der Waals surface area contributed by atoms with Crippen LogP contribution < -0.4 is 0 Å². The summed E-state index contributed by atoms with van der Waals surface area (Å²) >= 11 is 0. The highest BCUT2D eigenvalue weighted by Gasteiger charge is 2.26. The second-order valence-corrected chi connectivity index (χ2v) is 9.47. The Balaban J connectivity index is 2.42. The fourth-order valence-corrected chi connectivity index (χ4v) is 3.42. The maximum Gasteiger partial charge on any atom is 0.309 e. The monoisotopic (exact) mass is 390 g/mol. The minimum atomic E-state index is -0.725. The molecule has 28 heavy (non-hydrogen) atoms. The highest BCUT2D eigenvalue weighted by molar-refractivity contribution is 5.73. The van der Waals surface area contributed by atoms with Gasteiger partial charge in [0.2, 0.25) is 0 Å². The predicted octanol–water partition coefficient (Wildman–Crippen LogP) is 6.03. The number of carboxylic acid groups (broad SMARTS) is 2. The number of benzene rings is 1. The van der Waals surface area contributed by atoms with Crippen molar-refractivity contribution in [3.8, 4) is 0 Å². The average Bonchev–Trinajstić information content (AvgIpc) is 2.57. The minimum absolute atomic E-state index is 0.633. The first kappa shape index (κ1) is 24.2. The molecule has 0 saturated carbocycles. The van der Waals surface area contributed by atoms with Crippen molar-refractivity contribution in [2.24, 2.45) is 10.8 Å². The van der Waals surface area contributed by atoms with Gasteiger partial charge in [0.25, 0.3) is 0 Å². The molecule has 0 aromatic heterocycles. The van der Waals surface area contributed by atoms with Crippen molar-refractivity contribution in [2.45, 2.75) is 92.4 Å². The number of hydrogen-bond acceptors (Lipinski definition) is 2. The van der Waals surface area contributed by atoms with Gasteiger partial charge in [-0.15, -0.1) is 0 Å². The third kappa shape index (κ3) is 8.45. The minimum Gasteiger partial charge on any atom is -0.481 e. The molecule has 1 aromatic rings. The number of carboxylic acids is 2. The first-order valence-corrected chi connectivity index (χ1v) is 10.5. The predicted molar refractivity (Wildman–Crippen MR) is 114 cm³/mol. The molecule has 1 aromatic carbocycles. The van der Waals surface area contributed by atoms with E-state index in [1.807, 2.05) is 0 Å². The Morgan fingerprint density at radius 2 is 1.11 bits per heavy atom. The number of aliphatic carboxylic acids is 2. The number of unbranched alkanes of at least 4 members (excludes halogenated alkanes) is 3. The quantitative estimate of drug-likeness (QED) is 0.403. The van der Waals surface area contributed by atoms with Crippen molar-refractivity contribution in [2.75, 3.05) is 0 Å². The van der Waals surface area contributed by atoms with Crippen LogP contribution in [0.15, 0.2) is 18.2 Å². The third-order valence-corrected chi connectivity index (χ3v) is 5.64. The molecular formula is C24H38O4. The molecule has 1 rings (SSSR count). The van der Waals surface area contributed by atoms with Crippen LogP contribution in [0.5, 0.6) is 0 Å². The van der Waals surface area contributed by atoms with E-state index in [1.54, 1.807) is 27.7 Å². The van der Waals surface area contributed by atoms with Crippen LogP contribution in [0.1, 0.15) is 89.3 Å². The highest BCUT2D eigenvalue weighted by Crippen LogP contribution is 2.25. The molecule has 0 atom stereocenters. The standard InChI is InChI=1S/C24H38O4/c1-18-15-19(11-7-6-9-13-23(2,3)21(25)26)17-20(16-18)12-8-10-14-24(4,5)22(27)28/h15-17H,6-14H2,1-5H3,(H,25,26)(H,27,28). The fraction of sp³-hybridized carbons (Fsp3) is 0.667. The number of rotatable bonds is 13. The van der Waals surface area contributed by atoms with Crippen molar-refractivity contribution in [1.82, 2.24) is 0 Å². The van der Waals surface area contributed by atoms with Gasteiger partial charge in [-0.2, -0.15) is 0 Å². The largest absolute Gasteiger partial charge is 0.481 e. The molecule has 0 heterocycles. The lowest BCUT2D eigenvalue weighted by Gasteiger charge is -2.18. The maximum absolute atomic E-state index is 11.2. The zero-order valence-electron chi connectivity index (χ0n) is 18.3. The smallest absolute Gasteiger partial charge is 0.309 e. The van der Waals surface area contributed by atoms with Crippen LogP contribution in [0.4, 0.5) is 0 Å². The van der Waals surface area contributed by atoms with E-state index in [1.165, 1.54) is 16.7 Å². The summed E-state index contributed by atoms with van der Waals surface area (Å²) in [7, 11) is 0. The van der Waals surface area contributed by atoms with E-state index in [2.05, 4.69) is 25.1 Å². The number of aryl methyl sites for hydroxylation is 3. The van der Waals surface area contributed by atoms with Gasteiger partial charge >= 0.3 is 11.9 Å². The second-order valence-electron chi connectivity index (χ2n) is 9.47. The lowest BCUT2D eigenvalue weighted by molar-refractivity contribution is -0.148. The summed E-state index contributed by atoms with van der Waals surface area (Å²) in [6.45, 7) is 9.28. The van der Waals surface area contributed by atoms with E-state index in [-0.39, 0.29) is 0 Å². The summed E-state index contributed by atoms with van der Waals surface area (Å²) in [6.07, 6.45) is 8.41. The van der Waals surface area contributed by atoms with Crippen LogP contribution in [-0.4, -0.2) is 22.2 Å². The molecule has 4 nitrogen and oxygen atoms in total. The van der Waals surface area contributed by atoms with Gasteiger partial charge in [-0.1, -0.05) is 43.0 Å². The lowest BCUT2D eigenvalue weighted by Crippen LogP contribution is -2.23. The summed E-state index contributed by atoms with van der Waals surface area (Å²) < 4.78 is 0. The van der Waals surface area contributed by atoms with Crippen LogP contribution in [0.25, 0.3) is 0 Å². The molecular weight excluding hydrogens is 352 g/mol. The Hall–Kier alpha value is -1.84. The van der Waals surface area contributed by atoms with Gasteiger partial charge in [-0.25, -0.2) is 0 Å². The lowest BCUT2D eigenvalue weighted by atomic mass is 9.86. The normalized spacial score (nSPS) is 12.2. The van der Waals surface area contributed by atoms with Crippen molar-refractivity contribution in [1.29, 1.82) is 0 Å². The Labute approximate surface area is 170 Å². The average molecular weight is 391 g/mol. The van der Waals surface area contributed by atoms with Crippen molar-refractivity contribution in [3.63, 3.8) is 0 Å². The summed E-state index contributed by atoms with van der Waals surface area (Å²) in [5.74, 6) is -1.44. The zero-order chi connectivity index (χ0) is 21.4. The molecule has 0 bridgehead atoms. The molecule has 0 aliphatic carbocycles. The van der Waals surface area contributed by atoms with E-state index >= 15 is 0 Å². The highest BCUT2D eigenvalue weighted by atomic mass is 16.4. The molecule has 0 amide bonds. The van der Waals surface area contributed by atoms with Crippen LogP contribution in [0, 0.1) is 17.8 Å². The van der Waals surface area contributed by atoms with Crippen LogP contribution in [0.2, 0.25) is 0 Å². The van der Waals surface area contributed by atoms with E-state index in [0.29, 0.717) is 12.8 Å². The van der Waals surface area contributed by atoms with Crippen molar-refractivity contribution in [3.05, 3.63) is 34.9 Å². The van der Waals surface area contributed by atoms with Gasteiger partial charge in [0.05, 0.1) is 10.8 Å². The van der Waals surface area contributed by atoms with E-state index in [9.17, 15) is 14.7 Å². The topological polar surface area (TPSA) is 74.6 Å². The Morgan fingerprint density at radius 3 is 1.54 bits per heavy atom. The molecule has 4 heteroatoms. The van der Waals surface area contributed by atoms with E-state index in [4.69, 9.17) is 5.11 Å². The van der Waals surface area contributed by atoms with Gasteiger partial charge < -0.3 is 10.2 Å². The zero-order valence-corrected chi connectivity index (χ0v) is 18.3. The molecule has 0 aliphatic heterocycles. The van der Waals surface area contributed by atoms with Crippen LogP contribution >= 0.6 is 0 Å². The summed E-state index contributed by atoms with van der Waals surface area (Å²) in [5, 5.41) is 18.4. The van der Waals surface area contributed by atoms with Gasteiger partial charge in [0.1, 0.15) is 0 Å². The Kier molecular flexibility index (Phi) is 9.19. The molecule has 0 fully saturated rings. The molecule has 0 saturated heterocycles. The van der Waals surface area contributed by atoms with Crippen LogP contribution in [-0.2, 0) is 22.4 Å². The third-order valence-electron chi connectivity index (χ3n) is 5.64. The number of carbonyl (C=O) groups is 2. The molecule has 158 valence electrons. The van der Waals surface area contributed by atoms with Crippen molar-refractivity contribution < 1.29 is 19.8 Å². The van der Waals surface area contributed by atoms with E-state index < -0.39 is 22.8 Å². The fourth-order valence-electron chi connectivity index (χ4n) is 3.42. The maximum atomic E-state index is 11.2. The van der Waals surface area contributed by atoms with E-state index in [0.717, 1.165) is 44.9 Å². The summed E-state index contributed by atoms with van der Waals surface area (Å²) in [4.78, 5) is 22.3. The molecule has 0 aliphatic rings. The van der Waals surface area contributed by atoms with Crippen molar-refractivity contribution >= 4 is 11.9 Å². The second kappa shape index (κ2) is 10.6. The summed E-state index contributed by atoms with van der Waals surface area (Å²) in [5.41, 5.74) is 2.66. The molecule has 0 spiro atoms. The summed E-state index contributed by atoms with van der Waals surface area (Å²) in [6, 6.07) is 6.73. The molecule has 2 N–H and O–H groups in total.